The van der Waals surface area contributed by atoms with Gasteiger partial charge in [0.2, 0.25) is 21.8 Å². The number of anilines is 1. The molecule has 0 heterocycles. The molecule has 0 aliphatic rings. The van der Waals surface area contributed by atoms with E-state index in [1.807, 2.05) is 61.5 Å². The molecule has 0 fully saturated rings. The monoisotopic (exact) mass is 629 g/mol. The van der Waals surface area contributed by atoms with Gasteiger partial charge >= 0.3 is 0 Å². The van der Waals surface area contributed by atoms with E-state index in [-0.39, 0.29) is 24.6 Å². The Morgan fingerprint density at radius 3 is 2.20 bits per heavy atom. The van der Waals surface area contributed by atoms with Crippen molar-refractivity contribution in [2.75, 3.05) is 30.3 Å². The van der Waals surface area contributed by atoms with Gasteiger partial charge in [0.25, 0.3) is 0 Å². The van der Waals surface area contributed by atoms with Crippen LogP contribution in [0.4, 0.5) is 5.69 Å². The van der Waals surface area contributed by atoms with Crippen LogP contribution in [-0.4, -0.2) is 57.1 Å². The molecule has 1 N–H and O–H groups in total. The molecule has 8 nitrogen and oxygen atoms in total. The van der Waals surface area contributed by atoms with E-state index in [4.69, 9.17) is 4.74 Å². The highest BCUT2D eigenvalue weighted by Gasteiger charge is 2.33. The molecule has 0 radical (unpaired) electrons. The number of halogens is 1. The Balaban J connectivity index is 2.06. The Labute approximate surface area is 245 Å². The molecule has 10 heteroatoms. The van der Waals surface area contributed by atoms with Gasteiger partial charge in [-0.05, 0) is 48.7 Å². The van der Waals surface area contributed by atoms with Crippen LogP contribution in [0.25, 0.3) is 0 Å². The summed E-state index contributed by atoms with van der Waals surface area (Å²) in [6.45, 7) is 4.17. The lowest BCUT2D eigenvalue weighted by atomic mass is 10.0. The number of carbonyl (C=O) groups is 2. The Morgan fingerprint density at radius 1 is 0.925 bits per heavy atom. The summed E-state index contributed by atoms with van der Waals surface area (Å²) in [5.74, 6) is -0.451. The first-order chi connectivity index (χ1) is 19.1. The van der Waals surface area contributed by atoms with E-state index in [1.165, 1.54) is 4.90 Å². The number of benzene rings is 3. The van der Waals surface area contributed by atoms with Crippen LogP contribution < -0.4 is 14.4 Å². The van der Waals surface area contributed by atoms with Crippen molar-refractivity contribution >= 4 is 43.5 Å². The van der Waals surface area contributed by atoms with Crippen LogP contribution in [0.1, 0.15) is 31.4 Å². The molecule has 0 spiro atoms. The standard InChI is InChI=1S/C30H36BrN3O5S/c1-4-19-32-30(36)27(20-23-11-7-6-8-12-23)33(21-24-15-17-25(31)18-16-24)29(35)22-34(40(3,37)38)26-13-9-10-14-28(26)39-5-2/h6-18,27H,4-5,19-22H2,1-3H3,(H,32,36)/t27-/m0/s1. The first-order valence-electron chi connectivity index (χ1n) is 13.2. The number of hydrogen-bond donors (Lipinski definition) is 1. The second kappa shape index (κ2) is 14.9. The predicted octanol–water partition coefficient (Wildman–Crippen LogP) is 4.78. The van der Waals surface area contributed by atoms with Crippen molar-refractivity contribution in [2.24, 2.45) is 0 Å². The predicted molar refractivity (Wildman–Crippen MR) is 162 cm³/mol. The van der Waals surface area contributed by atoms with Crippen molar-refractivity contribution in [3.63, 3.8) is 0 Å². The minimum atomic E-state index is -3.89. The fraction of sp³-hybridized carbons (Fsp3) is 0.333. The van der Waals surface area contributed by atoms with Crippen molar-refractivity contribution in [3.05, 3.63) is 94.5 Å². The summed E-state index contributed by atoms with van der Waals surface area (Å²) >= 11 is 3.44. The minimum Gasteiger partial charge on any atom is -0.492 e. The zero-order valence-electron chi connectivity index (χ0n) is 23.0. The summed E-state index contributed by atoms with van der Waals surface area (Å²) in [6.07, 6.45) is 2.06. The third kappa shape index (κ3) is 8.82. The topological polar surface area (TPSA) is 96.0 Å². The molecule has 214 valence electrons. The smallest absolute Gasteiger partial charge is 0.244 e. The van der Waals surface area contributed by atoms with E-state index < -0.39 is 28.5 Å². The van der Waals surface area contributed by atoms with E-state index in [1.54, 1.807) is 31.2 Å². The van der Waals surface area contributed by atoms with Gasteiger partial charge in [-0.3, -0.25) is 13.9 Å². The second-order valence-electron chi connectivity index (χ2n) is 9.32. The third-order valence-electron chi connectivity index (χ3n) is 6.20. The molecule has 0 saturated heterocycles. The molecule has 3 aromatic rings. The number of ether oxygens (including phenoxy) is 1. The van der Waals surface area contributed by atoms with Gasteiger partial charge in [0.1, 0.15) is 18.3 Å². The van der Waals surface area contributed by atoms with Crippen LogP contribution in [0, 0.1) is 0 Å². The van der Waals surface area contributed by atoms with Crippen LogP contribution >= 0.6 is 15.9 Å². The average Bonchev–Trinajstić information content (AvgIpc) is 2.93. The van der Waals surface area contributed by atoms with Crippen molar-refractivity contribution < 1.29 is 22.7 Å². The first-order valence-corrected chi connectivity index (χ1v) is 15.8. The molecule has 0 saturated carbocycles. The lowest BCUT2D eigenvalue weighted by Gasteiger charge is -2.33. The number of para-hydroxylation sites is 2. The molecule has 0 aromatic heterocycles. The van der Waals surface area contributed by atoms with Crippen molar-refractivity contribution in [1.82, 2.24) is 10.2 Å². The number of sulfonamides is 1. The van der Waals surface area contributed by atoms with E-state index in [0.29, 0.717) is 18.9 Å². The third-order valence-corrected chi connectivity index (χ3v) is 7.85. The van der Waals surface area contributed by atoms with Crippen LogP contribution in [0.15, 0.2) is 83.3 Å². The number of amides is 2. The van der Waals surface area contributed by atoms with Gasteiger partial charge in [-0.15, -0.1) is 0 Å². The number of carbonyl (C=O) groups excluding carboxylic acids is 2. The van der Waals surface area contributed by atoms with Crippen LogP contribution in [0.3, 0.4) is 0 Å². The zero-order chi connectivity index (χ0) is 29.1. The summed E-state index contributed by atoms with van der Waals surface area (Å²) in [4.78, 5) is 29.1. The van der Waals surface area contributed by atoms with Gasteiger partial charge in [0, 0.05) is 24.0 Å². The quantitative estimate of drug-likeness (QED) is 0.277. The maximum absolute atomic E-state index is 14.1. The molecule has 0 bridgehead atoms. The number of nitrogens with zero attached hydrogens (tertiary/aromatic N) is 2. The zero-order valence-corrected chi connectivity index (χ0v) is 25.4. The van der Waals surface area contributed by atoms with Gasteiger partial charge in [-0.2, -0.15) is 0 Å². The molecular weight excluding hydrogens is 594 g/mol. The number of rotatable bonds is 14. The Kier molecular flexibility index (Phi) is 11.6. The molecule has 0 aliphatic heterocycles. The van der Waals surface area contributed by atoms with Gasteiger partial charge < -0.3 is 15.0 Å². The second-order valence-corrected chi connectivity index (χ2v) is 12.1. The van der Waals surface area contributed by atoms with Gasteiger partial charge in [-0.25, -0.2) is 8.42 Å². The summed E-state index contributed by atoms with van der Waals surface area (Å²) in [5.41, 5.74) is 1.95. The molecule has 0 unspecified atom stereocenters. The highest BCUT2D eigenvalue weighted by Crippen LogP contribution is 2.30. The fourth-order valence-corrected chi connectivity index (χ4v) is 5.36. The summed E-state index contributed by atoms with van der Waals surface area (Å²) in [7, 11) is -3.89. The Bertz CT molecular complexity index is 1370. The van der Waals surface area contributed by atoms with Gasteiger partial charge in [0.15, 0.2) is 0 Å². The van der Waals surface area contributed by atoms with Crippen LogP contribution in [0.2, 0.25) is 0 Å². The summed E-state index contributed by atoms with van der Waals surface area (Å²) < 4.78 is 33.6. The minimum absolute atomic E-state index is 0.119. The Morgan fingerprint density at radius 2 is 1.57 bits per heavy atom. The largest absolute Gasteiger partial charge is 0.492 e. The van der Waals surface area contributed by atoms with Gasteiger partial charge in [0.05, 0.1) is 18.6 Å². The van der Waals surface area contributed by atoms with Crippen molar-refractivity contribution in [2.45, 2.75) is 39.3 Å². The van der Waals surface area contributed by atoms with Gasteiger partial charge in [-0.1, -0.05) is 77.5 Å². The van der Waals surface area contributed by atoms with Crippen molar-refractivity contribution in [3.8, 4) is 5.75 Å². The molecule has 3 aromatic carbocycles. The SMILES string of the molecule is CCCNC(=O)[C@H](Cc1ccccc1)N(Cc1ccc(Br)cc1)C(=O)CN(c1ccccc1OCC)S(C)(=O)=O. The maximum atomic E-state index is 14.1. The lowest BCUT2D eigenvalue weighted by Crippen LogP contribution is -2.53. The summed E-state index contributed by atoms with van der Waals surface area (Å²) in [5, 5.41) is 2.93. The van der Waals surface area contributed by atoms with E-state index in [2.05, 4.69) is 21.2 Å². The number of hydrogen-bond acceptors (Lipinski definition) is 5. The van der Waals surface area contributed by atoms with Crippen LogP contribution in [0.5, 0.6) is 5.75 Å². The molecule has 3 rings (SSSR count). The normalized spacial score (nSPS) is 11.9. The van der Waals surface area contributed by atoms with E-state index in [0.717, 1.165) is 32.6 Å². The fourth-order valence-electron chi connectivity index (χ4n) is 4.24. The van der Waals surface area contributed by atoms with Crippen molar-refractivity contribution in [1.29, 1.82) is 0 Å². The summed E-state index contributed by atoms with van der Waals surface area (Å²) in [6, 6.07) is 22.8. The van der Waals surface area contributed by atoms with E-state index >= 15 is 0 Å². The maximum Gasteiger partial charge on any atom is 0.244 e. The highest BCUT2D eigenvalue weighted by molar-refractivity contribution is 9.10. The molecular formula is C30H36BrN3O5S. The molecule has 2 amide bonds. The average molecular weight is 631 g/mol. The highest BCUT2D eigenvalue weighted by atomic mass is 79.9. The first kappa shape index (κ1) is 31.2. The lowest BCUT2D eigenvalue weighted by molar-refractivity contribution is -0.140. The number of nitrogens with one attached hydrogen (secondary N) is 1. The molecule has 1 atom stereocenters. The van der Waals surface area contributed by atoms with E-state index in [9.17, 15) is 18.0 Å². The van der Waals surface area contributed by atoms with Crippen LogP contribution in [-0.2, 0) is 32.6 Å². The Hall–Kier alpha value is -3.37. The molecule has 40 heavy (non-hydrogen) atoms. The molecule has 0 aliphatic carbocycles.